The highest BCUT2D eigenvalue weighted by molar-refractivity contribution is 9.11. The zero-order valence-corrected chi connectivity index (χ0v) is 32.0. The minimum Gasteiger partial charge on any atom is -0.244 e. The lowest BCUT2D eigenvalue weighted by Gasteiger charge is -2.01. The Morgan fingerprint density at radius 2 is 0.776 bits per heavy atom. The van der Waals surface area contributed by atoms with Gasteiger partial charge >= 0.3 is 0 Å². The van der Waals surface area contributed by atoms with E-state index in [1.54, 1.807) is 45.3 Å². The third kappa shape index (κ3) is 6.49. The number of hydrogen-bond acceptors (Lipinski definition) is 8. The third-order valence-corrected chi connectivity index (χ3v) is 13.2. The molecule has 0 N–H and O–H groups in total. The van der Waals surface area contributed by atoms with E-state index >= 15 is 0 Å². The third-order valence-electron chi connectivity index (χ3n) is 8.20. The molecule has 0 aliphatic carbocycles. The first kappa shape index (κ1) is 32.1. The van der Waals surface area contributed by atoms with Crippen LogP contribution in [0.1, 0.15) is 22.3 Å². The SMILES string of the molecule is Cc1ccc(-c2ncc(-c3nc(-c4ccc(C)cc4)sc3-c3nc(-c4ccc(C)cc4)sc3-c3nc(-c4ccc(C)cc4)sc3Br)s2)cc1. The maximum atomic E-state index is 5.39. The lowest BCUT2D eigenvalue weighted by Crippen LogP contribution is -1.85. The van der Waals surface area contributed by atoms with Gasteiger partial charge in [0.15, 0.2) is 0 Å². The molecule has 240 valence electrons. The Bertz CT molecular complexity index is 2410. The Morgan fingerprint density at radius 1 is 0.408 bits per heavy atom. The van der Waals surface area contributed by atoms with Crippen LogP contribution in [0.2, 0.25) is 0 Å². The lowest BCUT2D eigenvalue weighted by atomic mass is 10.1. The second kappa shape index (κ2) is 13.3. The van der Waals surface area contributed by atoms with Crippen LogP contribution >= 0.6 is 61.3 Å². The Kier molecular flexibility index (Phi) is 8.72. The molecule has 0 amide bonds. The fourth-order valence-corrected chi connectivity index (χ4v) is 10.3. The van der Waals surface area contributed by atoms with Crippen LogP contribution in [0.25, 0.3) is 74.0 Å². The van der Waals surface area contributed by atoms with Crippen LogP contribution in [0.4, 0.5) is 0 Å². The molecule has 0 radical (unpaired) electrons. The summed E-state index contributed by atoms with van der Waals surface area (Å²) in [5.41, 5.74) is 11.9. The Morgan fingerprint density at radius 3 is 1.24 bits per heavy atom. The molecule has 49 heavy (non-hydrogen) atoms. The molecule has 0 aliphatic rings. The molecule has 4 heterocycles. The number of thiazole rings is 4. The highest BCUT2D eigenvalue weighted by Gasteiger charge is 2.27. The molecule has 0 bridgehead atoms. The molecule has 8 aromatic rings. The average Bonchev–Trinajstić information content (AvgIpc) is 3.92. The van der Waals surface area contributed by atoms with Crippen LogP contribution in [0.5, 0.6) is 0 Å². The van der Waals surface area contributed by atoms with Crippen molar-refractivity contribution < 1.29 is 0 Å². The first-order valence-electron chi connectivity index (χ1n) is 15.7. The van der Waals surface area contributed by atoms with Gasteiger partial charge in [-0.2, -0.15) is 0 Å². The molecule has 0 unspecified atom stereocenters. The summed E-state index contributed by atoms with van der Waals surface area (Å²) in [5, 5.41) is 3.83. The second-order valence-corrected chi connectivity index (χ2v) is 17.4. The van der Waals surface area contributed by atoms with Gasteiger partial charge in [-0.15, -0.1) is 45.3 Å². The van der Waals surface area contributed by atoms with Crippen molar-refractivity contribution in [1.82, 2.24) is 19.9 Å². The van der Waals surface area contributed by atoms with Gasteiger partial charge < -0.3 is 0 Å². The van der Waals surface area contributed by atoms with Crippen LogP contribution in [0.15, 0.2) is 107 Å². The molecule has 8 rings (SSSR count). The van der Waals surface area contributed by atoms with Crippen molar-refractivity contribution in [3.8, 4) is 74.0 Å². The molecule has 0 saturated heterocycles. The molecule has 4 aromatic carbocycles. The number of nitrogens with zero attached hydrogens (tertiary/aromatic N) is 4. The minimum atomic E-state index is 0.887. The monoisotopic (exact) mass is 772 g/mol. The number of hydrogen-bond donors (Lipinski definition) is 0. The molecule has 0 atom stereocenters. The number of aromatic nitrogens is 4. The van der Waals surface area contributed by atoms with Crippen LogP contribution in [0.3, 0.4) is 0 Å². The summed E-state index contributed by atoms with van der Waals surface area (Å²) in [5.74, 6) is 0. The van der Waals surface area contributed by atoms with Crippen molar-refractivity contribution in [3.05, 3.63) is 129 Å². The summed E-state index contributed by atoms with van der Waals surface area (Å²) in [6, 6.07) is 34.2. The van der Waals surface area contributed by atoms with Crippen molar-refractivity contribution in [2.45, 2.75) is 27.7 Å². The van der Waals surface area contributed by atoms with E-state index in [4.69, 9.17) is 19.9 Å². The molecule has 4 aromatic heterocycles. The topological polar surface area (TPSA) is 51.6 Å². The van der Waals surface area contributed by atoms with Gasteiger partial charge in [0.25, 0.3) is 0 Å². The van der Waals surface area contributed by atoms with E-state index < -0.39 is 0 Å². The summed E-state index contributed by atoms with van der Waals surface area (Å²) in [4.78, 5) is 23.8. The van der Waals surface area contributed by atoms with Gasteiger partial charge in [0.2, 0.25) is 0 Å². The quantitative estimate of drug-likeness (QED) is 0.162. The van der Waals surface area contributed by atoms with E-state index in [2.05, 4.69) is 141 Å². The smallest absolute Gasteiger partial charge is 0.125 e. The Balaban J connectivity index is 1.33. The Hall–Kier alpha value is -4.12. The summed E-state index contributed by atoms with van der Waals surface area (Å²) in [6.45, 7) is 8.42. The van der Waals surface area contributed by atoms with Crippen molar-refractivity contribution in [1.29, 1.82) is 0 Å². The van der Waals surface area contributed by atoms with Gasteiger partial charge in [0.05, 0.1) is 18.4 Å². The minimum absolute atomic E-state index is 0.887. The molecular weight excluding hydrogens is 745 g/mol. The van der Waals surface area contributed by atoms with Gasteiger partial charge in [-0.25, -0.2) is 19.9 Å². The van der Waals surface area contributed by atoms with E-state index in [9.17, 15) is 0 Å². The van der Waals surface area contributed by atoms with Gasteiger partial charge in [0.1, 0.15) is 37.1 Å². The number of halogens is 1. The van der Waals surface area contributed by atoms with Crippen LogP contribution in [-0.2, 0) is 0 Å². The summed E-state index contributed by atoms with van der Waals surface area (Å²) in [7, 11) is 0. The first-order valence-corrected chi connectivity index (χ1v) is 19.8. The summed E-state index contributed by atoms with van der Waals surface area (Å²) >= 11 is 10.6. The van der Waals surface area contributed by atoms with E-state index in [1.165, 1.54) is 22.3 Å². The van der Waals surface area contributed by atoms with E-state index in [1.807, 2.05) is 6.20 Å². The normalized spacial score (nSPS) is 11.4. The van der Waals surface area contributed by atoms with Crippen LogP contribution in [0, 0.1) is 27.7 Å². The highest BCUT2D eigenvalue weighted by Crippen LogP contribution is 2.51. The van der Waals surface area contributed by atoms with Crippen molar-refractivity contribution in [2.24, 2.45) is 0 Å². The fraction of sp³-hybridized carbons (Fsp3) is 0.100. The van der Waals surface area contributed by atoms with Gasteiger partial charge in [-0.1, -0.05) is 119 Å². The van der Waals surface area contributed by atoms with Gasteiger partial charge in [-0.05, 0) is 43.6 Å². The second-order valence-electron chi connectivity index (χ2n) is 12.0. The number of aryl methyl sites for hydroxylation is 4. The largest absolute Gasteiger partial charge is 0.244 e. The lowest BCUT2D eigenvalue weighted by molar-refractivity contribution is 1.35. The maximum absolute atomic E-state index is 5.39. The standard InChI is InChI=1S/C40H29BrN4S4/c1-22-5-13-26(14-6-22)37-42-21-30(46-37)31-34(47-38(43-31)27-15-7-23(2)8-16-27)32-35(48-39(44-32)28-17-9-24(3)10-18-28)33-36(41)49-40(45-33)29-19-11-25(4)12-20-29/h5-21H,1-4H3. The molecule has 0 fully saturated rings. The fourth-order valence-electron chi connectivity index (χ4n) is 5.40. The molecule has 0 aliphatic heterocycles. The highest BCUT2D eigenvalue weighted by atomic mass is 79.9. The summed E-state index contributed by atoms with van der Waals surface area (Å²) in [6.07, 6.45) is 1.96. The average molecular weight is 774 g/mol. The van der Waals surface area contributed by atoms with Gasteiger partial charge in [0, 0.05) is 28.5 Å². The molecular formula is C40H29BrN4S4. The van der Waals surface area contributed by atoms with E-state index in [-0.39, 0.29) is 0 Å². The predicted octanol–water partition coefficient (Wildman–Crippen LogP) is 13.2. The number of rotatable bonds is 7. The van der Waals surface area contributed by atoms with Crippen molar-refractivity contribution in [3.63, 3.8) is 0 Å². The van der Waals surface area contributed by atoms with Crippen LogP contribution in [-0.4, -0.2) is 19.9 Å². The summed E-state index contributed by atoms with van der Waals surface area (Å²) < 4.78 is 0.979. The zero-order chi connectivity index (χ0) is 33.6. The van der Waals surface area contributed by atoms with Crippen molar-refractivity contribution >= 4 is 61.3 Å². The predicted molar refractivity (Wildman–Crippen MR) is 214 cm³/mol. The Labute approximate surface area is 310 Å². The molecule has 4 nitrogen and oxygen atoms in total. The maximum Gasteiger partial charge on any atom is 0.125 e. The van der Waals surface area contributed by atoms with E-state index in [0.717, 1.165) is 77.8 Å². The molecule has 0 saturated carbocycles. The zero-order valence-electron chi connectivity index (χ0n) is 27.1. The molecule has 9 heteroatoms. The van der Waals surface area contributed by atoms with Crippen molar-refractivity contribution in [2.75, 3.05) is 0 Å². The van der Waals surface area contributed by atoms with Gasteiger partial charge in [-0.3, -0.25) is 0 Å². The molecule has 0 spiro atoms. The van der Waals surface area contributed by atoms with E-state index in [0.29, 0.717) is 0 Å². The first-order chi connectivity index (χ1) is 23.8. The number of benzene rings is 4. The van der Waals surface area contributed by atoms with Crippen LogP contribution < -0.4 is 0 Å².